The number of carboxylic acid groups (broad SMARTS) is 2. The summed E-state index contributed by atoms with van der Waals surface area (Å²) in [6.45, 7) is 9.05. The van der Waals surface area contributed by atoms with Crippen molar-refractivity contribution in [3.05, 3.63) is 167 Å². The van der Waals surface area contributed by atoms with Gasteiger partial charge in [0.25, 0.3) is 0 Å². The number of carbonyl (C=O) groups is 2. The molecule has 0 saturated heterocycles. The van der Waals surface area contributed by atoms with Crippen LogP contribution in [-0.4, -0.2) is 46.8 Å². The van der Waals surface area contributed by atoms with Crippen LogP contribution >= 0.6 is 46.1 Å². The summed E-state index contributed by atoms with van der Waals surface area (Å²) in [5, 5.41) is 42.7. The van der Waals surface area contributed by atoms with E-state index >= 15 is 0 Å². The molecule has 4 heterocycles. The molecule has 12 nitrogen and oxygen atoms in total. The van der Waals surface area contributed by atoms with Gasteiger partial charge in [-0.3, -0.25) is 0 Å². The second-order valence-electron chi connectivity index (χ2n) is 21.9. The van der Waals surface area contributed by atoms with E-state index in [1.807, 2.05) is 24.3 Å². The molecule has 2 N–H and O–H groups in total. The molecule has 436 valence electrons. The largest absolute Gasteiger partial charge is 0.495 e. The molecule has 0 aliphatic heterocycles. The van der Waals surface area contributed by atoms with Crippen LogP contribution in [0.25, 0.3) is 97.5 Å². The van der Waals surface area contributed by atoms with E-state index in [1.54, 1.807) is 41.9 Å². The predicted octanol–water partition coefficient (Wildman–Crippen LogP) is 19.8. The Kier molecular flexibility index (Phi) is 18.4. The first-order chi connectivity index (χ1) is 42.5. The normalized spacial score (nSPS) is 12.6. The lowest BCUT2D eigenvalue weighted by molar-refractivity contribution is -0.133. The van der Waals surface area contributed by atoms with Crippen LogP contribution in [0.15, 0.2) is 145 Å². The van der Waals surface area contributed by atoms with E-state index in [1.165, 1.54) is 33.0 Å². The van der Waals surface area contributed by atoms with Gasteiger partial charge in [0.1, 0.15) is 51.1 Å². The summed E-state index contributed by atoms with van der Waals surface area (Å²) >= 11 is 5.60. The molecule has 7 aromatic carbocycles. The molecule has 11 aromatic rings. The molecular weight excluding hydrogens is 1160 g/mol. The molecule has 16 heteroatoms. The Morgan fingerprint density at radius 2 is 0.966 bits per heavy atom. The third-order valence-electron chi connectivity index (χ3n) is 16.5. The molecular formula is C71H63N7O5S4. The number of methoxy groups -OCH3 is 1. The molecule has 0 saturated carbocycles. The number of hydrogen-bond donors (Lipinski definition) is 2. The van der Waals surface area contributed by atoms with E-state index in [9.17, 15) is 30.3 Å². The van der Waals surface area contributed by atoms with Crippen molar-refractivity contribution in [2.45, 2.75) is 91.9 Å². The highest BCUT2D eigenvalue weighted by Crippen LogP contribution is 2.50. The summed E-state index contributed by atoms with van der Waals surface area (Å²) in [5.41, 5.74) is 12.3. The van der Waals surface area contributed by atoms with Gasteiger partial charge in [0.15, 0.2) is 0 Å². The van der Waals surface area contributed by atoms with Gasteiger partial charge in [0, 0.05) is 74.7 Å². The number of ether oxygens (including phenoxy) is 1. The van der Waals surface area contributed by atoms with Gasteiger partial charge < -0.3 is 19.8 Å². The fourth-order valence-corrected chi connectivity index (χ4v) is 15.5. The van der Waals surface area contributed by atoms with Crippen LogP contribution in [0.1, 0.15) is 101 Å². The molecule has 87 heavy (non-hydrogen) atoms. The minimum atomic E-state index is -1.29. The number of thiophene rings is 2. The van der Waals surface area contributed by atoms with E-state index in [0.29, 0.717) is 45.0 Å². The van der Waals surface area contributed by atoms with Crippen molar-refractivity contribution < 1.29 is 24.5 Å². The molecule has 2 atom stereocenters. The summed E-state index contributed by atoms with van der Waals surface area (Å²) in [5.74, 6) is -0.780. The van der Waals surface area contributed by atoms with E-state index in [4.69, 9.17) is 13.5 Å². The molecule has 0 radical (unpaired) electrons. The minimum absolute atomic E-state index is 0.367. The Balaban J connectivity index is 1.05. The Bertz CT molecular complexity index is 4240. The summed E-state index contributed by atoms with van der Waals surface area (Å²) in [6, 6.07) is 50.6. The molecule has 0 amide bonds. The van der Waals surface area contributed by atoms with Gasteiger partial charge in [0.2, 0.25) is 0 Å². The molecule has 0 aliphatic rings. The lowest BCUT2D eigenvalue weighted by Crippen LogP contribution is -2.11. The quantitative estimate of drug-likeness (QED) is 0.0332. The predicted molar refractivity (Wildman–Crippen MR) is 359 cm³/mol. The summed E-state index contributed by atoms with van der Waals surface area (Å²) in [7, 11) is 1.74. The number of aliphatic carboxylic acids is 2. The van der Waals surface area contributed by atoms with Gasteiger partial charge in [-0.25, -0.2) is 9.59 Å². The van der Waals surface area contributed by atoms with Gasteiger partial charge >= 0.3 is 11.9 Å². The van der Waals surface area contributed by atoms with Crippen LogP contribution in [0.2, 0.25) is 0 Å². The average Bonchev–Trinajstić information content (AvgIpc) is 1.35. The monoisotopic (exact) mass is 1220 g/mol. The van der Waals surface area contributed by atoms with E-state index in [2.05, 4.69) is 151 Å². The van der Waals surface area contributed by atoms with Gasteiger partial charge in [-0.05, 0) is 95.5 Å². The van der Waals surface area contributed by atoms with Crippen LogP contribution in [0.5, 0.6) is 5.75 Å². The number of anilines is 3. The first-order valence-corrected chi connectivity index (χ1v) is 32.5. The third kappa shape index (κ3) is 12.2. The van der Waals surface area contributed by atoms with E-state index in [0.717, 1.165) is 164 Å². The highest BCUT2D eigenvalue weighted by atomic mass is 32.1. The van der Waals surface area contributed by atoms with Crippen molar-refractivity contribution in [2.75, 3.05) is 12.0 Å². The zero-order chi connectivity index (χ0) is 60.7. The Morgan fingerprint density at radius 3 is 1.33 bits per heavy atom. The second-order valence-corrected chi connectivity index (χ2v) is 25.0. The van der Waals surface area contributed by atoms with Gasteiger partial charge in [-0.1, -0.05) is 176 Å². The van der Waals surface area contributed by atoms with Gasteiger partial charge in [-0.2, -0.15) is 28.0 Å². The summed E-state index contributed by atoms with van der Waals surface area (Å²) in [6.07, 6.45) is 13.5. The average molecular weight is 1220 g/mol. The number of carboxylic acids is 2. The molecule has 0 fully saturated rings. The lowest BCUT2D eigenvalue weighted by atomic mass is 9.91. The van der Waals surface area contributed by atoms with Crippen LogP contribution in [-0.2, 0) is 22.4 Å². The maximum absolute atomic E-state index is 11.9. The smallest absolute Gasteiger partial charge is 0.346 e. The molecule has 0 aliphatic carbocycles. The maximum Gasteiger partial charge on any atom is 0.346 e. The van der Waals surface area contributed by atoms with Crippen molar-refractivity contribution in [2.24, 2.45) is 11.8 Å². The number of nitrogens with zero attached hydrogens (tertiary/aromatic N) is 7. The molecule has 11 rings (SSSR count). The zero-order valence-electron chi connectivity index (χ0n) is 49.0. The summed E-state index contributed by atoms with van der Waals surface area (Å²) in [4.78, 5) is 30.5. The van der Waals surface area contributed by atoms with E-state index < -0.39 is 11.9 Å². The van der Waals surface area contributed by atoms with Crippen molar-refractivity contribution in [1.82, 2.24) is 17.5 Å². The van der Waals surface area contributed by atoms with Crippen LogP contribution in [0.3, 0.4) is 0 Å². The maximum atomic E-state index is 11.9. The molecule has 4 aromatic heterocycles. The number of hydrogen-bond acceptors (Lipinski definition) is 14. The number of rotatable bonds is 24. The number of benzene rings is 7. The minimum Gasteiger partial charge on any atom is -0.495 e. The van der Waals surface area contributed by atoms with Crippen molar-refractivity contribution in [3.8, 4) is 59.7 Å². The Hall–Kier alpha value is -8.90. The SMILES string of the molecule is CCCCC(CC)Cc1cc(-c2ccc(/C=C(\C#N)C(=O)O)c3nsnc23)sc1-c1ccc(N(c2ccc(-c3sc(-c4ccc(/C=C(\C#N)C(=O)O)c5nsnc45)cc3CC(CC)CCCC)cc2)c2c3ccccc3c(OC)c3ccccc23)cc1. The number of aromatic nitrogens is 4. The number of nitriles is 2. The van der Waals surface area contributed by atoms with Crippen molar-refractivity contribution in [3.63, 3.8) is 0 Å². The van der Waals surface area contributed by atoms with Gasteiger partial charge in [0.05, 0.1) is 36.3 Å². The second kappa shape index (κ2) is 26.8. The zero-order valence-corrected chi connectivity index (χ0v) is 52.2. The van der Waals surface area contributed by atoms with Crippen molar-refractivity contribution >= 4 is 131 Å². The standard InChI is InChI=1S/C71H63N7O5S4/c1-6-10-16-42(8-3)34-48-38-60(58-32-26-46(36-50(40-72)70(79)80)62-64(58)76-86-74-62)84-68(48)44-22-28-52(29-23-44)78(66-54-18-12-14-20-56(54)67(83-5)57-21-15-13-19-55(57)66)53-30-24-45(25-31-53)69-49(35-43(9-4)17-11-7-2)39-61(85-69)59-33-27-47(37-51(41-73)71(81)82)63-65(59)77-87-75-63/h12-15,18-33,36-39,42-43H,6-11,16-17,34-35H2,1-5H3,(H,79,80)(H,81,82)/b50-36+,51-37+. The molecule has 0 spiro atoms. The highest BCUT2D eigenvalue weighted by molar-refractivity contribution is 7.19. The topological polar surface area (TPSA) is 186 Å². The first-order valence-electron chi connectivity index (χ1n) is 29.4. The molecule has 0 bridgehead atoms. The lowest BCUT2D eigenvalue weighted by Gasteiger charge is -2.29. The van der Waals surface area contributed by atoms with Crippen LogP contribution < -0.4 is 9.64 Å². The van der Waals surface area contributed by atoms with Crippen LogP contribution in [0, 0.1) is 34.5 Å². The van der Waals surface area contributed by atoms with Crippen molar-refractivity contribution in [1.29, 1.82) is 10.5 Å². The Labute approximate surface area is 522 Å². The third-order valence-corrected chi connectivity index (χ3v) is 20.1. The highest BCUT2D eigenvalue weighted by Gasteiger charge is 2.26. The Morgan fingerprint density at radius 1 is 0.563 bits per heavy atom. The fraction of sp³-hybridized carbons (Fsp3) is 0.239. The fourth-order valence-electron chi connectivity index (χ4n) is 11.9. The summed E-state index contributed by atoms with van der Waals surface area (Å²) < 4.78 is 24.9. The number of unbranched alkanes of at least 4 members (excludes halogenated alkanes) is 2. The molecule has 2 unspecified atom stereocenters. The van der Waals surface area contributed by atoms with E-state index in [-0.39, 0.29) is 11.1 Å². The first kappa shape index (κ1) is 59.8. The number of fused-ring (bicyclic) bond motifs is 4. The van der Waals surface area contributed by atoms with Crippen LogP contribution in [0.4, 0.5) is 17.1 Å². The van der Waals surface area contributed by atoms with Gasteiger partial charge in [-0.15, -0.1) is 22.7 Å².